The highest BCUT2D eigenvalue weighted by molar-refractivity contribution is 5.91. The normalized spacial score (nSPS) is 23.5. The predicted octanol–water partition coefficient (Wildman–Crippen LogP) is 0.344. The van der Waals surface area contributed by atoms with Crippen LogP contribution in [0.3, 0.4) is 0 Å². The monoisotopic (exact) mass is 294 g/mol. The van der Waals surface area contributed by atoms with E-state index < -0.39 is 36.0 Å². The molecule has 0 aromatic rings. The van der Waals surface area contributed by atoms with Crippen LogP contribution in [0.15, 0.2) is 0 Å². The maximum atomic E-state index is 12.2. The lowest BCUT2D eigenvalue weighted by Crippen LogP contribution is -2.67. The van der Waals surface area contributed by atoms with Gasteiger partial charge in [-0.2, -0.15) is 0 Å². The summed E-state index contributed by atoms with van der Waals surface area (Å²) in [5.74, 6) is 0.591. The van der Waals surface area contributed by atoms with Gasteiger partial charge >= 0.3 is 12.1 Å². The summed E-state index contributed by atoms with van der Waals surface area (Å²) < 4.78 is 4.87. The predicted molar refractivity (Wildman–Crippen MR) is 72.3 cm³/mol. The van der Waals surface area contributed by atoms with Gasteiger partial charge in [0.05, 0.1) is 12.0 Å². The summed E-state index contributed by atoms with van der Waals surface area (Å²) in [5, 5.41) is 11.8. The van der Waals surface area contributed by atoms with Gasteiger partial charge in [-0.25, -0.2) is 4.79 Å². The highest BCUT2D eigenvalue weighted by Crippen LogP contribution is 2.34. The minimum Gasteiger partial charge on any atom is -0.481 e. The van der Waals surface area contributed by atoms with Crippen LogP contribution in [0.25, 0.3) is 0 Å². The van der Waals surface area contributed by atoms with Crippen LogP contribution >= 0.6 is 0 Å². The Bertz CT molecular complexity index is 490. The standard InChI is InChI=1S/C14H18N2O5/c1-2-7-21-13(20)16-9-14(5-3-4-6-14)15-12(19)10(16)8-11(17)18/h1,10H,3-9H2,(H,15,19)(H,17,18). The maximum absolute atomic E-state index is 12.2. The van der Waals surface area contributed by atoms with Crippen LogP contribution < -0.4 is 5.32 Å². The summed E-state index contributed by atoms with van der Waals surface area (Å²) in [4.78, 5) is 36.4. The molecular weight excluding hydrogens is 276 g/mol. The van der Waals surface area contributed by atoms with Crippen molar-refractivity contribution in [3.8, 4) is 12.3 Å². The number of rotatable bonds is 3. The molecule has 0 radical (unpaired) electrons. The third-order valence-corrected chi connectivity index (χ3v) is 3.98. The number of nitrogens with one attached hydrogen (secondary N) is 1. The molecule has 1 atom stereocenters. The Labute approximate surface area is 122 Å². The molecule has 1 aliphatic heterocycles. The third kappa shape index (κ3) is 3.27. The highest BCUT2D eigenvalue weighted by Gasteiger charge is 2.48. The Kier molecular flexibility index (Phi) is 4.36. The first-order valence-electron chi connectivity index (χ1n) is 6.88. The van der Waals surface area contributed by atoms with Gasteiger partial charge in [0.2, 0.25) is 5.91 Å². The van der Waals surface area contributed by atoms with E-state index in [1.54, 1.807) is 0 Å². The number of carbonyl (C=O) groups is 3. The van der Waals surface area contributed by atoms with Crippen molar-refractivity contribution in [1.29, 1.82) is 0 Å². The minimum atomic E-state index is -1.15. The Hall–Kier alpha value is -2.23. The van der Waals surface area contributed by atoms with E-state index in [2.05, 4.69) is 11.2 Å². The molecule has 1 heterocycles. The molecule has 1 aliphatic carbocycles. The van der Waals surface area contributed by atoms with Gasteiger partial charge in [0.15, 0.2) is 6.61 Å². The van der Waals surface area contributed by atoms with Crippen LogP contribution in [-0.2, 0) is 14.3 Å². The topological polar surface area (TPSA) is 95.9 Å². The Morgan fingerprint density at radius 1 is 1.48 bits per heavy atom. The van der Waals surface area contributed by atoms with Crippen molar-refractivity contribution in [3.05, 3.63) is 0 Å². The fourth-order valence-electron chi connectivity index (χ4n) is 3.04. The maximum Gasteiger partial charge on any atom is 0.411 e. The first kappa shape index (κ1) is 15.2. The molecule has 0 bridgehead atoms. The molecule has 2 N–H and O–H groups in total. The second-order valence-electron chi connectivity index (χ2n) is 5.48. The molecule has 2 rings (SSSR count). The molecule has 7 heteroatoms. The Balaban J connectivity index is 2.19. The molecule has 7 nitrogen and oxygen atoms in total. The first-order valence-corrected chi connectivity index (χ1v) is 6.88. The number of piperazine rings is 1. The molecule has 21 heavy (non-hydrogen) atoms. The van der Waals surface area contributed by atoms with E-state index in [4.69, 9.17) is 16.3 Å². The van der Waals surface area contributed by atoms with E-state index >= 15 is 0 Å². The number of carbonyl (C=O) groups excluding carboxylic acids is 2. The number of nitrogens with zero attached hydrogens (tertiary/aromatic N) is 1. The van der Waals surface area contributed by atoms with Gasteiger partial charge in [0.25, 0.3) is 0 Å². The van der Waals surface area contributed by atoms with Crippen molar-refractivity contribution in [3.63, 3.8) is 0 Å². The third-order valence-electron chi connectivity index (χ3n) is 3.98. The number of hydrogen-bond acceptors (Lipinski definition) is 4. The fraction of sp³-hybridized carbons (Fsp3) is 0.643. The molecule has 0 aromatic heterocycles. The van der Waals surface area contributed by atoms with Crippen LogP contribution in [0.1, 0.15) is 32.1 Å². The van der Waals surface area contributed by atoms with Crippen molar-refractivity contribution < 1.29 is 24.2 Å². The molecule has 1 spiro atoms. The summed E-state index contributed by atoms with van der Waals surface area (Å²) in [6, 6.07) is -1.06. The van der Waals surface area contributed by atoms with Gasteiger partial charge in [-0.05, 0) is 12.8 Å². The zero-order chi connectivity index (χ0) is 15.5. The molecule has 0 aromatic carbocycles. The summed E-state index contributed by atoms with van der Waals surface area (Å²) in [6.45, 7) is 0.0594. The first-order chi connectivity index (χ1) is 9.97. The van der Waals surface area contributed by atoms with E-state index in [9.17, 15) is 14.4 Å². The fourth-order valence-corrected chi connectivity index (χ4v) is 3.04. The quantitative estimate of drug-likeness (QED) is 0.732. The van der Waals surface area contributed by atoms with E-state index in [0.29, 0.717) is 0 Å². The van der Waals surface area contributed by atoms with E-state index in [1.165, 1.54) is 4.90 Å². The van der Waals surface area contributed by atoms with Gasteiger partial charge < -0.3 is 15.2 Å². The van der Waals surface area contributed by atoms with Gasteiger partial charge in [0, 0.05) is 6.54 Å². The van der Waals surface area contributed by atoms with E-state index in [0.717, 1.165) is 25.7 Å². The average Bonchev–Trinajstić information content (AvgIpc) is 2.86. The second kappa shape index (κ2) is 6.04. The van der Waals surface area contributed by atoms with Crippen molar-refractivity contribution in [2.75, 3.05) is 13.2 Å². The van der Waals surface area contributed by atoms with Gasteiger partial charge in [-0.3, -0.25) is 14.5 Å². The van der Waals surface area contributed by atoms with Crippen LogP contribution in [0, 0.1) is 12.3 Å². The van der Waals surface area contributed by atoms with Crippen molar-refractivity contribution in [2.45, 2.75) is 43.7 Å². The minimum absolute atomic E-state index is 0.205. The molecule has 1 saturated heterocycles. The smallest absolute Gasteiger partial charge is 0.411 e. The average molecular weight is 294 g/mol. The molecular formula is C14H18N2O5. The molecule has 1 unspecified atom stereocenters. The lowest BCUT2D eigenvalue weighted by Gasteiger charge is -2.44. The zero-order valence-corrected chi connectivity index (χ0v) is 11.6. The largest absolute Gasteiger partial charge is 0.481 e. The molecule has 114 valence electrons. The molecule has 2 aliphatic rings. The Morgan fingerprint density at radius 3 is 2.71 bits per heavy atom. The lowest BCUT2D eigenvalue weighted by atomic mass is 9.91. The lowest BCUT2D eigenvalue weighted by molar-refractivity contribution is -0.144. The van der Waals surface area contributed by atoms with Gasteiger partial charge in [-0.1, -0.05) is 18.8 Å². The van der Waals surface area contributed by atoms with Crippen LogP contribution in [0.5, 0.6) is 0 Å². The van der Waals surface area contributed by atoms with Crippen molar-refractivity contribution in [2.24, 2.45) is 0 Å². The zero-order valence-electron chi connectivity index (χ0n) is 11.6. The Morgan fingerprint density at radius 2 is 2.14 bits per heavy atom. The summed E-state index contributed by atoms with van der Waals surface area (Å²) in [5.41, 5.74) is -0.457. The highest BCUT2D eigenvalue weighted by atomic mass is 16.6. The molecule has 2 fully saturated rings. The number of amides is 2. The van der Waals surface area contributed by atoms with Crippen LogP contribution in [0.4, 0.5) is 4.79 Å². The number of carboxylic acids is 1. The van der Waals surface area contributed by atoms with E-state index in [1.807, 2.05) is 0 Å². The van der Waals surface area contributed by atoms with Crippen LogP contribution in [-0.4, -0.2) is 52.7 Å². The van der Waals surface area contributed by atoms with Crippen molar-refractivity contribution in [1.82, 2.24) is 10.2 Å². The summed E-state index contributed by atoms with van der Waals surface area (Å²) in [6.07, 6.45) is 7.35. The van der Waals surface area contributed by atoms with E-state index in [-0.39, 0.29) is 13.2 Å². The van der Waals surface area contributed by atoms with Gasteiger partial charge in [0.1, 0.15) is 6.04 Å². The number of carboxylic acid groups (broad SMARTS) is 1. The number of hydrogen-bond donors (Lipinski definition) is 2. The van der Waals surface area contributed by atoms with Crippen LogP contribution in [0.2, 0.25) is 0 Å². The molecule has 2 amide bonds. The SMILES string of the molecule is C#CCOC(=O)N1CC2(CCCC2)NC(=O)C1CC(=O)O. The summed E-state index contributed by atoms with van der Waals surface area (Å²) in [7, 11) is 0. The second-order valence-corrected chi connectivity index (χ2v) is 5.48. The summed E-state index contributed by atoms with van der Waals surface area (Å²) >= 11 is 0. The number of terminal acetylenes is 1. The van der Waals surface area contributed by atoms with Crippen molar-refractivity contribution >= 4 is 18.0 Å². The number of aliphatic carboxylic acids is 1. The molecule has 1 saturated carbocycles. The van der Waals surface area contributed by atoms with Gasteiger partial charge in [-0.15, -0.1) is 6.42 Å². The number of ether oxygens (including phenoxy) is 1.